The molecule has 1 heterocycles. The van der Waals surface area contributed by atoms with Crippen molar-refractivity contribution in [2.45, 2.75) is 6.92 Å². The maximum absolute atomic E-state index is 13.0. The van der Waals surface area contributed by atoms with E-state index in [0.29, 0.717) is 22.6 Å². The van der Waals surface area contributed by atoms with Crippen molar-refractivity contribution in [1.82, 2.24) is 0 Å². The molecule has 0 saturated heterocycles. The number of fused-ring (bicyclic) bond motifs is 1. The Balaban J connectivity index is 1.90. The molecule has 1 atom stereocenters. The van der Waals surface area contributed by atoms with Crippen molar-refractivity contribution in [1.29, 1.82) is 0 Å². The van der Waals surface area contributed by atoms with E-state index in [9.17, 15) is 4.57 Å². The van der Waals surface area contributed by atoms with Crippen molar-refractivity contribution in [3.05, 3.63) is 48.5 Å². The van der Waals surface area contributed by atoms with Crippen molar-refractivity contribution in [2.24, 2.45) is 0 Å². The van der Waals surface area contributed by atoms with Crippen LogP contribution in [-0.2, 0) is 9.09 Å². The third-order valence-electron chi connectivity index (χ3n) is 2.94. The number of rotatable bonds is 5. The van der Waals surface area contributed by atoms with Crippen LogP contribution in [-0.4, -0.2) is 13.4 Å². The molecular formula is C15H15O5P. The van der Waals surface area contributed by atoms with Gasteiger partial charge in [-0.05, 0) is 31.2 Å². The third kappa shape index (κ3) is 2.89. The summed E-state index contributed by atoms with van der Waals surface area (Å²) in [5.74, 6) is 1.64. The first-order chi connectivity index (χ1) is 10.2. The van der Waals surface area contributed by atoms with Gasteiger partial charge in [0.2, 0.25) is 6.79 Å². The van der Waals surface area contributed by atoms with Crippen LogP contribution in [0.4, 0.5) is 0 Å². The Morgan fingerprint density at radius 3 is 2.62 bits per heavy atom. The van der Waals surface area contributed by atoms with Crippen molar-refractivity contribution in [2.75, 3.05) is 13.4 Å². The summed E-state index contributed by atoms with van der Waals surface area (Å²) in [5, 5.41) is 0.518. The summed E-state index contributed by atoms with van der Waals surface area (Å²) in [6.45, 7) is 2.25. The van der Waals surface area contributed by atoms with Crippen LogP contribution in [0.1, 0.15) is 6.92 Å². The second-order valence-corrected chi connectivity index (χ2v) is 6.31. The van der Waals surface area contributed by atoms with Crippen LogP contribution < -0.4 is 19.3 Å². The Kier molecular flexibility index (Phi) is 3.86. The summed E-state index contributed by atoms with van der Waals surface area (Å²) in [4.78, 5) is 0. The average molecular weight is 306 g/mol. The SMILES string of the molecule is CCOP(=O)(Oc1ccc2c(c1)OCO2)c1ccccc1. The van der Waals surface area contributed by atoms with Gasteiger partial charge in [0.1, 0.15) is 5.75 Å². The fourth-order valence-corrected chi connectivity index (χ4v) is 3.58. The highest BCUT2D eigenvalue weighted by atomic mass is 31.2. The molecule has 21 heavy (non-hydrogen) atoms. The highest BCUT2D eigenvalue weighted by Gasteiger charge is 2.29. The molecule has 6 heteroatoms. The minimum absolute atomic E-state index is 0.181. The second-order valence-electron chi connectivity index (χ2n) is 4.36. The zero-order chi connectivity index (χ0) is 14.7. The van der Waals surface area contributed by atoms with Crippen LogP contribution in [0.2, 0.25) is 0 Å². The van der Waals surface area contributed by atoms with Crippen LogP contribution in [0.3, 0.4) is 0 Å². The number of benzene rings is 2. The van der Waals surface area contributed by atoms with Gasteiger partial charge < -0.3 is 14.0 Å². The van der Waals surface area contributed by atoms with E-state index >= 15 is 0 Å². The van der Waals surface area contributed by atoms with Gasteiger partial charge in [-0.3, -0.25) is 4.52 Å². The van der Waals surface area contributed by atoms with E-state index in [0.717, 1.165) is 0 Å². The van der Waals surface area contributed by atoms with Gasteiger partial charge in [0.05, 0.1) is 11.9 Å². The molecule has 0 aromatic heterocycles. The number of hydrogen-bond donors (Lipinski definition) is 0. The minimum atomic E-state index is -3.42. The Bertz CT molecular complexity index is 671. The summed E-state index contributed by atoms with van der Waals surface area (Å²) in [5.41, 5.74) is 0. The molecule has 0 spiro atoms. The van der Waals surface area contributed by atoms with Crippen LogP contribution in [0.5, 0.6) is 17.2 Å². The fraction of sp³-hybridized carbons (Fsp3) is 0.200. The molecule has 5 nitrogen and oxygen atoms in total. The highest BCUT2D eigenvalue weighted by molar-refractivity contribution is 7.62. The van der Waals surface area contributed by atoms with Gasteiger partial charge in [0.25, 0.3) is 0 Å². The molecular weight excluding hydrogens is 291 g/mol. The predicted molar refractivity (Wildman–Crippen MR) is 78.5 cm³/mol. The molecule has 3 rings (SSSR count). The number of hydrogen-bond acceptors (Lipinski definition) is 5. The monoisotopic (exact) mass is 306 g/mol. The van der Waals surface area contributed by atoms with E-state index in [1.807, 2.05) is 6.07 Å². The molecule has 0 radical (unpaired) electrons. The van der Waals surface area contributed by atoms with Crippen molar-refractivity contribution in [3.8, 4) is 17.2 Å². The smallest absolute Gasteiger partial charge is 0.410 e. The summed E-state index contributed by atoms with van der Waals surface area (Å²) < 4.78 is 34.5. The Labute approximate surface area is 122 Å². The van der Waals surface area contributed by atoms with Crippen molar-refractivity contribution in [3.63, 3.8) is 0 Å². The Morgan fingerprint density at radius 2 is 1.86 bits per heavy atom. The molecule has 110 valence electrons. The first-order valence-corrected chi connectivity index (χ1v) is 8.15. The zero-order valence-electron chi connectivity index (χ0n) is 11.5. The lowest BCUT2D eigenvalue weighted by atomic mass is 10.3. The molecule has 2 aromatic rings. The second kappa shape index (κ2) is 5.80. The van der Waals surface area contributed by atoms with Gasteiger partial charge in [-0.1, -0.05) is 18.2 Å². The zero-order valence-corrected chi connectivity index (χ0v) is 12.4. The van der Waals surface area contributed by atoms with E-state index in [1.54, 1.807) is 49.4 Å². The van der Waals surface area contributed by atoms with E-state index < -0.39 is 7.60 Å². The molecule has 1 unspecified atom stereocenters. The van der Waals surface area contributed by atoms with Gasteiger partial charge in [0, 0.05) is 6.07 Å². The van der Waals surface area contributed by atoms with Crippen LogP contribution >= 0.6 is 7.60 Å². The van der Waals surface area contributed by atoms with Gasteiger partial charge in [-0.25, -0.2) is 4.57 Å². The summed E-state index contributed by atoms with van der Waals surface area (Å²) in [6.07, 6.45) is 0. The lowest BCUT2D eigenvalue weighted by Crippen LogP contribution is -2.12. The lowest BCUT2D eigenvalue weighted by Gasteiger charge is -2.18. The quantitative estimate of drug-likeness (QED) is 0.793. The average Bonchev–Trinajstić information content (AvgIpc) is 2.96. The lowest BCUT2D eigenvalue weighted by molar-refractivity contribution is 0.174. The predicted octanol–water partition coefficient (Wildman–Crippen LogP) is 3.35. The molecule has 0 aliphatic carbocycles. The maximum Gasteiger partial charge on any atom is 0.410 e. The van der Waals surface area contributed by atoms with Gasteiger partial charge in [-0.2, -0.15) is 0 Å². The molecule has 0 saturated carbocycles. The third-order valence-corrected chi connectivity index (χ3v) is 4.92. The maximum atomic E-state index is 13.0. The summed E-state index contributed by atoms with van der Waals surface area (Å²) in [7, 11) is -3.42. The van der Waals surface area contributed by atoms with E-state index in [4.69, 9.17) is 18.5 Å². The molecule has 2 aromatic carbocycles. The van der Waals surface area contributed by atoms with Crippen molar-refractivity contribution < 1.29 is 23.1 Å². The van der Waals surface area contributed by atoms with Gasteiger partial charge in [-0.15, -0.1) is 0 Å². The summed E-state index contributed by atoms with van der Waals surface area (Å²) in [6, 6.07) is 13.9. The van der Waals surface area contributed by atoms with Crippen LogP contribution in [0.25, 0.3) is 0 Å². The van der Waals surface area contributed by atoms with Crippen molar-refractivity contribution >= 4 is 12.9 Å². The molecule has 0 fully saturated rings. The molecule has 1 aliphatic rings. The molecule has 0 bridgehead atoms. The van der Waals surface area contributed by atoms with E-state index in [1.165, 1.54) is 0 Å². The topological polar surface area (TPSA) is 54.0 Å². The normalized spacial score (nSPS) is 15.5. The molecule has 0 amide bonds. The standard InChI is InChI=1S/C15H15O5P/c1-2-19-21(16,13-6-4-3-5-7-13)20-12-8-9-14-15(10-12)18-11-17-14/h3-10H,2,11H2,1H3. The fourth-order valence-electron chi connectivity index (χ4n) is 2.01. The van der Waals surface area contributed by atoms with Gasteiger partial charge in [0.15, 0.2) is 11.5 Å². The minimum Gasteiger partial charge on any atom is -0.454 e. The molecule has 0 N–H and O–H groups in total. The molecule has 1 aliphatic heterocycles. The van der Waals surface area contributed by atoms with Gasteiger partial charge >= 0.3 is 7.60 Å². The van der Waals surface area contributed by atoms with Crippen LogP contribution in [0.15, 0.2) is 48.5 Å². The first-order valence-electron chi connectivity index (χ1n) is 6.61. The van der Waals surface area contributed by atoms with E-state index in [2.05, 4.69) is 0 Å². The van der Waals surface area contributed by atoms with E-state index in [-0.39, 0.29) is 13.4 Å². The largest absolute Gasteiger partial charge is 0.454 e. The van der Waals surface area contributed by atoms with Crippen LogP contribution in [0, 0.1) is 0 Å². The Hall–Kier alpha value is -1.97. The first kappa shape index (κ1) is 14.0. The number of ether oxygens (including phenoxy) is 2. The highest BCUT2D eigenvalue weighted by Crippen LogP contribution is 2.48. The Morgan fingerprint density at radius 1 is 1.10 bits per heavy atom. The summed E-state index contributed by atoms with van der Waals surface area (Å²) >= 11 is 0.